The van der Waals surface area contributed by atoms with E-state index < -0.39 is 14.9 Å². The Kier molecular flexibility index (Phi) is 4.07. The number of hydrogen-bond donors (Lipinski definition) is 2. The zero-order valence-electron chi connectivity index (χ0n) is 11.1. The van der Waals surface area contributed by atoms with Crippen molar-refractivity contribution in [1.82, 2.24) is 4.72 Å². The van der Waals surface area contributed by atoms with Crippen LogP contribution in [0, 0.1) is 23.0 Å². The van der Waals surface area contributed by atoms with Crippen LogP contribution in [-0.2, 0) is 10.0 Å². The van der Waals surface area contributed by atoms with Crippen LogP contribution in [0.5, 0.6) is 0 Å². The molecule has 0 saturated heterocycles. The molecule has 110 valence electrons. The van der Waals surface area contributed by atoms with Crippen molar-refractivity contribution in [3.63, 3.8) is 0 Å². The van der Waals surface area contributed by atoms with Crippen LogP contribution in [0.2, 0.25) is 0 Å². The fourth-order valence-corrected chi connectivity index (χ4v) is 3.67. The molecule has 1 aromatic rings. The van der Waals surface area contributed by atoms with Crippen molar-refractivity contribution < 1.29 is 13.3 Å². The minimum atomic E-state index is -3.80. The van der Waals surface area contributed by atoms with Crippen LogP contribution < -0.4 is 10.5 Å². The van der Waals surface area contributed by atoms with E-state index in [1.165, 1.54) is 12.1 Å². The van der Waals surface area contributed by atoms with Crippen LogP contribution in [0.4, 0.5) is 5.69 Å². The zero-order valence-corrected chi connectivity index (χ0v) is 11.9. The minimum absolute atomic E-state index is 0.0641. The average Bonchev–Trinajstić information content (AvgIpc) is 3.20. The second-order valence-electron chi connectivity index (χ2n) is 5.01. The standard InChI is InChI=1S/C12H17N3O4S/c1-8-2-5-10(15(16)17)6-12(8)20(18,19)14-11(7-13)9-3-4-9/h2,5-6,9,11,14H,3-4,7,13H2,1H3. The number of nitrogens with two attached hydrogens (primary N) is 1. The van der Waals surface area contributed by atoms with Gasteiger partial charge in [0.1, 0.15) is 0 Å². The van der Waals surface area contributed by atoms with Gasteiger partial charge in [-0.1, -0.05) is 6.07 Å². The zero-order chi connectivity index (χ0) is 14.9. The van der Waals surface area contributed by atoms with Gasteiger partial charge in [0, 0.05) is 24.7 Å². The first-order chi connectivity index (χ1) is 9.35. The first-order valence-corrected chi connectivity index (χ1v) is 7.81. The van der Waals surface area contributed by atoms with Gasteiger partial charge < -0.3 is 5.73 Å². The van der Waals surface area contributed by atoms with E-state index in [1.54, 1.807) is 6.92 Å². The highest BCUT2D eigenvalue weighted by Crippen LogP contribution is 2.33. The number of rotatable bonds is 6. The maximum Gasteiger partial charge on any atom is 0.270 e. The molecule has 2 rings (SSSR count). The number of nitrogens with one attached hydrogen (secondary N) is 1. The number of nitro groups is 1. The largest absolute Gasteiger partial charge is 0.329 e. The molecule has 1 unspecified atom stereocenters. The number of non-ortho nitro benzene ring substituents is 1. The third kappa shape index (κ3) is 3.14. The van der Waals surface area contributed by atoms with Crippen molar-refractivity contribution in [2.24, 2.45) is 11.7 Å². The number of nitrogens with zero attached hydrogens (tertiary/aromatic N) is 1. The molecule has 0 amide bonds. The molecule has 20 heavy (non-hydrogen) atoms. The lowest BCUT2D eigenvalue weighted by atomic mass is 10.2. The second kappa shape index (κ2) is 5.47. The highest BCUT2D eigenvalue weighted by Gasteiger charge is 2.34. The van der Waals surface area contributed by atoms with Gasteiger partial charge >= 0.3 is 0 Å². The van der Waals surface area contributed by atoms with Crippen LogP contribution in [0.1, 0.15) is 18.4 Å². The van der Waals surface area contributed by atoms with E-state index in [0.717, 1.165) is 18.9 Å². The van der Waals surface area contributed by atoms with Gasteiger partial charge in [0.15, 0.2) is 0 Å². The van der Waals surface area contributed by atoms with E-state index in [0.29, 0.717) is 5.56 Å². The second-order valence-corrected chi connectivity index (χ2v) is 6.69. The van der Waals surface area contributed by atoms with E-state index in [9.17, 15) is 18.5 Å². The Balaban J connectivity index is 2.32. The fraction of sp³-hybridized carbons (Fsp3) is 0.500. The van der Waals surface area contributed by atoms with Gasteiger partial charge in [-0.05, 0) is 31.2 Å². The summed E-state index contributed by atoms with van der Waals surface area (Å²) in [6.07, 6.45) is 1.91. The van der Waals surface area contributed by atoms with E-state index >= 15 is 0 Å². The lowest BCUT2D eigenvalue weighted by molar-refractivity contribution is -0.385. The molecule has 1 saturated carbocycles. The normalized spacial score (nSPS) is 16.9. The fourth-order valence-electron chi connectivity index (χ4n) is 2.09. The first-order valence-electron chi connectivity index (χ1n) is 6.32. The van der Waals surface area contributed by atoms with Gasteiger partial charge in [0.2, 0.25) is 10.0 Å². The summed E-state index contributed by atoms with van der Waals surface area (Å²) in [6.45, 7) is 1.82. The van der Waals surface area contributed by atoms with Gasteiger partial charge in [-0.2, -0.15) is 0 Å². The minimum Gasteiger partial charge on any atom is -0.329 e. The van der Waals surface area contributed by atoms with Gasteiger partial charge in [0.05, 0.1) is 9.82 Å². The predicted molar refractivity (Wildman–Crippen MR) is 73.7 cm³/mol. The van der Waals surface area contributed by atoms with Crippen molar-refractivity contribution in [1.29, 1.82) is 0 Å². The highest BCUT2D eigenvalue weighted by atomic mass is 32.2. The van der Waals surface area contributed by atoms with E-state index in [4.69, 9.17) is 5.73 Å². The maximum absolute atomic E-state index is 12.3. The summed E-state index contributed by atoms with van der Waals surface area (Å²) in [6, 6.07) is 3.49. The monoisotopic (exact) mass is 299 g/mol. The SMILES string of the molecule is Cc1ccc([N+](=O)[O-])cc1S(=O)(=O)NC(CN)C1CC1. The Morgan fingerprint density at radius 3 is 2.65 bits per heavy atom. The molecule has 0 radical (unpaired) electrons. The summed E-state index contributed by atoms with van der Waals surface area (Å²) in [7, 11) is -3.80. The van der Waals surface area contributed by atoms with Crippen LogP contribution in [0.15, 0.2) is 23.1 Å². The summed E-state index contributed by atoms with van der Waals surface area (Å²) < 4.78 is 27.2. The number of aryl methyl sites for hydroxylation is 1. The smallest absolute Gasteiger partial charge is 0.270 e. The van der Waals surface area contributed by atoms with Crippen LogP contribution in [-0.4, -0.2) is 25.9 Å². The quantitative estimate of drug-likeness (QED) is 0.598. The molecule has 8 heteroatoms. The molecular formula is C12H17N3O4S. The molecule has 3 N–H and O–H groups in total. The van der Waals surface area contributed by atoms with E-state index in [-0.39, 0.29) is 29.1 Å². The molecule has 0 spiro atoms. The van der Waals surface area contributed by atoms with Crippen molar-refractivity contribution >= 4 is 15.7 Å². The number of nitro benzene ring substituents is 1. The van der Waals surface area contributed by atoms with Crippen LogP contribution in [0.3, 0.4) is 0 Å². The average molecular weight is 299 g/mol. The molecule has 0 heterocycles. The lowest BCUT2D eigenvalue weighted by Crippen LogP contribution is -2.41. The Bertz CT molecular complexity index is 626. The van der Waals surface area contributed by atoms with Crippen LogP contribution in [0.25, 0.3) is 0 Å². The number of sulfonamides is 1. The topological polar surface area (TPSA) is 115 Å². The predicted octanol–water partition coefficient (Wildman–Crippen LogP) is 0.919. The van der Waals surface area contributed by atoms with Crippen molar-refractivity contribution in [3.8, 4) is 0 Å². The Labute approximate surface area is 117 Å². The summed E-state index contributed by atoms with van der Waals surface area (Å²) in [5, 5.41) is 10.8. The lowest BCUT2D eigenvalue weighted by Gasteiger charge is -2.17. The van der Waals surface area contributed by atoms with Gasteiger partial charge in [0.25, 0.3) is 5.69 Å². The van der Waals surface area contributed by atoms with E-state index in [2.05, 4.69) is 4.72 Å². The Morgan fingerprint density at radius 1 is 1.50 bits per heavy atom. The summed E-state index contributed by atoms with van der Waals surface area (Å²) >= 11 is 0. The first kappa shape index (κ1) is 14.9. The molecule has 0 bridgehead atoms. The molecule has 0 aliphatic heterocycles. The van der Waals surface area contributed by atoms with Crippen molar-refractivity contribution in [2.45, 2.75) is 30.7 Å². The third-order valence-corrected chi connectivity index (χ3v) is 5.06. The summed E-state index contributed by atoms with van der Waals surface area (Å²) in [4.78, 5) is 10.1. The van der Waals surface area contributed by atoms with Gasteiger partial charge in [-0.15, -0.1) is 0 Å². The molecular weight excluding hydrogens is 282 g/mol. The Hall–Kier alpha value is -1.51. The van der Waals surface area contributed by atoms with Crippen molar-refractivity contribution in [2.75, 3.05) is 6.54 Å². The summed E-state index contributed by atoms with van der Waals surface area (Å²) in [5.74, 6) is 0.272. The van der Waals surface area contributed by atoms with E-state index in [1.807, 2.05) is 0 Å². The maximum atomic E-state index is 12.3. The molecule has 1 aliphatic rings. The van der Waals surface area contributed by atoms with Crippen molar-refractivity contribution in [3.05, 3.63) is 33.9 Å². The Morgan fingerprint density at radius 2 is 2.15 bits per heavy atom. The summed E-state index contributed by atoms with van der Waals surface area (Å²) in [5.41, 5.74) is 5.80. The molecule has 1 aromatic carbocycles. The van der Waals surface area contributed by atoms with Gasteiger partial charge in [-0.25, -0.2) is 13.1 Å². The molecule has 1 atom stereocenters. The molecule has 7 nitrogen and oxygen atoms in total. The van der Waals surface area contributed by atoms with Crippen LogP contribution >= 0.6 is 0 Å². The third-order valence-electron chi connectivity index (χ3n) is 3.42. The van der Waals surface area contributed by atoms with Gasteiger partial charge in [-0.3, -0.25) is 10.1 Å². The number of hydrogen-bond acceptors (Lipinski definition) is 5. The molecule has 0 aromatic heterocycles. The highest BCUT2D eigenvalue weighted by molar-refractivity contribution is 7.89. The molecule has 1 aliphatic carbocycles. The number of benzene rings is 1. The molecule has 1 fully saturated rings.